The van der Waals surface area contributed by atoms with Gasteiger partial charge in [-0.25, -0.2) is 0 Å². The van der Waals surface area contributed by atoms with E-state index in [-0.39, 0.29) is 0 Å². The molecule has 0 unspecified atom stereocenters. The Balaban J connectivity index is 2.67. The van der Waals surface area contributed by atoms with Crippen LogP contribution in [-0.4, -0.2) is 11.5 Å². The Hall–Kier alpha value is -1.57. The molecule has 2 nitrogen and oxygen atoms in total. The maximum atomic E-state index is 4.59. The maximum absolute atomic E-state index is 4.59. The van der Waals surface area contributed by atoms with E-state index in [0.29, 0.717) is 11.8 Å². The highest BCUT2D eigenvalue weighted by molar-refractivity contribution is 5.77. The van der Waals surface area contributed by atoms with Crippen LogP contribution in [0.25, 0.3) is 11.6 Å². The highest BCUT2D eigenvalue weighted by Gasteiger charge is 2.18. The first-order valence-electron chi connectivity index (χ1n) is 6.70. The largest absolute Gasteiger partial charge is 0.387 e. The molecule has 1 N–H and O–H groups in total. The number of nitrogens with one attached hydrogen (secondary N) is 1. The third kappa shape index (κ3) is 2.47. The van der Waals surface area contributed by atoms with Gasteiger partial charge >= 0.3 is 0 Å². The smallest absolute Gasteiger partial charge is 0.0510 e. The second kappa shape index (κ2) is 5.38. The van der Waals surface area contributed by atoms with Gasteiger partial charge in [-0.05, 0) is 29.0 Å². The molecule has 0 spiro atoms. The third-order valence-electron chi connectivity index (χ3n) is 3.26. The van der Waals surface area contributed by atoms with Gasteiger partial charge < -0.3 is 5.32 Å². The highest BCUT2D eigenvalue weighted by Crippen LogP contribution is 2.32. The molecule has 0 atom stereocenters. The van der Waals surface area contributed by atoms with Gasteiger partial charge in [0.05, 0.1) is 5.69 Å². The fraction of sp³-hybridized carbons (Fsp3) is 0.438. The van der Waals surface area contributed by atoms with Crippen LogP contribution in [0, 0.1) is 5.92 Å². The summed E-state index contributed by atoms with van der Waals surface area (Å²) in [7, 11) is 0. The van der Waals surface area contributed by atoms with Gasteiger partial charge in [-0.1, -0.05) is 39.8 Å². The third-order valence-corrected chi connectivity index (χ3v) is 3.26. The molecular weight excluding hydrogens is 220 g/mol. The zero-order valence-corrected chi connectivity index (χ0v) is 11.7. The summed E-state index contributed by atoms with van der Waals surface area (Å²) in [5, 5.41) is 3.35. The number of hydrogen-bond donors (Lipinski definition) is 1. The fourth-order valence-electron chi connectivity index (χ4n) is 2.34. The van der Waals surface area contributed by atoms with Gasteiger partial charge in [0.1, 0.15) is 0 Å². The summed E-state index contributed by atoms with van der Waals surface area (Å²) in [5.74, 6) is 0.930. The molecular formula is C16H22N2. The summed E-state index contributed by atoms with van der Waals surface area (Å²) >= 11 is 0. The SMILES string of the molecule is CC(C)/C1=C/NC/C=C\c2ccnc(C(C)C)c21. The van der Waals surface area contributed by atoms with Crippen LogP contribution < -0.4 is 5.32 Å². The predicted molar refractivity (Wildman–Crippen MR) is 78.2 cm³/mol. The van der Waals surface area contributed by atoms with Gasteiger partial charge in [-0.15, -0.1) is 0 Å². The van der Waals surface area contributed by atoms with Crippen LogP contribution in [0.2, 0.25) is 0 Å². The van der Waals surface area contributed by atoms with Crippen molar-refractivity contribution in [1.29, 1.82) is 0 Å². The van der Waals surface area contributed by atoms with E-state index in [1.165, 1.54) is 22.4 Å². The van der Waals surface area contributed by atoms with Crippen molar-refractivity contribution in [2.75, 3.05) is 6.54 Å². The molecule has 0 saturated heterocycles. The van der Waals surface area contributed by atoms with Crippen LogP contribution in [0.1, 0.15) is 50.4 Å². The number of hydrogen-bond acceptors (Lipinski definition) is 2. The van der Waals surface area contributed by atoms with Crippen molar-refractivity contribution in [3.63, 3.8) is 0 Å². The van der Waals surface area contributed by atoms with E-state index in [1.807, 2.05) is 6.20 Å². The van der Waals surface area contributed by atoms with Crippen molar-refractivity contribution in [3.05, 3.63) is 41.4 Å². The monoisotopic (exact) mass is 242 g/mol. The lowest BCUT2D eigenvalue weighted by Gasteiger charge is -2.21. The summed E-state index contributed by atoms with van der Waals surface area (Å²) < 4.78 is 0. The van der Waals surface area contributed by atoms with Crippen LogP contribution >= 0.6 is 0 Å². The molecule has 0 aliphatic carbocycles. The lowest BCUT2D eigenvalue weighted by molar-refractivity contribution is 0.793. The summed E-state index contributed by atoms with van der Waals surface area (Å²) in [4.78, 5) is 4.59. The molecule has 1 aromatic heterocycles. The normalized spacial score (nSPS) is 19.6. The Morgan fingerprint density at radius 2 is 1.94 bits per heavy atom. The van der Waals surface area contributed by atoms with Crippen LogP contribution in [0.15, 0.2) is 24.5 Å². The summed E-state index contributed by atoms with van der Waals surface area (Å²) in [5.41, 5.74) is 5.15. The first-order valence-corrected chi connectivity index (χ1v) is 6.70. The molecule has 0 fully saturated rings. The standard InChI is InChI=1S/C16H22N2/c1-11(2)14-10-17-8-5-6-13-7-9-18-16(12(3)4)15(13)14/h5-7,9-12,17H,8H2,1-4H3/b6-5-,14-10-. The molecule has 1 aliphatic rings. The number of allylic oxidation sites excluding steroid dienone is 1. The molecule has 2 heterocycles. The van der Waals surface area contributed by atoms with E-state index >= 15 is 0 Å². The molecule has 96 valence electrons. The Bertz CT molecular complexity index is 482. The Labute approximate surface area is 110 Å². The minimum Gasteiger partial charge on any atom is -0.387 e. The molecule has 0 radical (unpaired) electrons. The van der Waals surface area contributed by atoms with Gasteiger partial charge in [-0.3, -0.25) is 4.98 Å². The second-order valence-corrected chi connectivity index (χ2v) is 5.38. The molecule has 2 rings (SSSR count). The fourth-order valence-corrected chi connectivity index (χ4v) is 2.34. The summed E-state index contributed by atoms with van der Waals surface area (Å²) in [6, 6.07) is 2.11. The van der Waals surface area contributed by atoms with Gasteiger partial charge in [0.25, 0.3) is 0 Å². The lowest BCUT2D eigenvalue weighted by Crippen LogP contribution is -2.13. The van der Waals surface area contributed by atoms with Gasteiger partial charge in [0, 0.05) is 24.5 Å². The van der Waals surface area contributed by atoms with Crippen LogP contribution in [0.4, 0.5) is 0 Å². The maximum Gasteiger partial charge on any atom is 0.0510 e. The van der Waals surface area contributed by atoms with E-state index in [2.05, 4.69) is 62.4 Å². The average Bonchev–Trinajstić information content (AvgIpc) is 2.28. The molecule has 1 aromatic rings. The van der Waals surface area contributed by atoms with Crippen molar-refractivity contribution < 1.29 is 0 Å². The van der Waals surface area contributed by atoms with E-state index in [4.69, 9.17) is 0 Å². The van der Waals surface area contributed by atoms with Crippen molar-refractivity contribution in [2.45, 2.75) is 33.6 Å². The number of fused-ring (bicyclic) bond motifs is 1. The summed E-state index contributed by atoms with van der Waals surface area (Å²) in [6.45, 7) is 9.77. The minimum atomic E-state index is 0.440. The zero-order valence-electron chi connectivity index (χ0n) is 11.7. The first kappa shape index (κ1) is 12.9. The number of rotatable bonds is 2. The van der Waals surface area contributed by atoms with Crippen LogP contribution in [-0.2, 0) is 0 Å². The van der Waals surface area contributed by atoms with Gasteiger partial charge in [-0.2, -0.15) is 0 Å². The van der Waals surface area contributed by atoms with E-state index in [9.17, 15) is 0 Å². The predicted octanol–water partition coefficient (Wildman–Crippen LogP) is 3.82. The Morgan fingerprint density at radius 1 is 1.17 bits per heavy atom. The van der Waals surface area contributed by atoms with Crippen LogP contribution in [0.3, 0.4) is 0 Å². The molecule has 0 amide bonds. The average molecular weight is 242 g/mol. The number of nitrogens with zero attached hydrogens (tertiary/aromatic N) is 1. The van der Waals surface area contributed by atoms with E-state index < -0.39 is 0 Å². The molecule has 0 saturated carbocycles. The number of pyridine rings is 1. The van der Waals surface area contributed by atoms with Crippen molar-refractivity contribution in [2.24, 2.45) is 5.92 Å². The van der Waals surface area contributed by atoms with E-state index in [1.54, 1.807) is 0 Å². The quantitative estimate of drug-likeness (QED) is 0.852. The topological polar surface area (TPSA) is 24.9 Å². The van der Waals surface area contributed by atoms with Crippen molar-refractivity contribution in [1.82, 2.24) is 10.3 Å². The number of aromatic nitrogens is 1. The Kier molecular flexibility index (Phi) is 3.85. The van der Waals surface area contributed by atoms with Gasteiger partial charge in [0.2, 0.25) is 0 Å². The first-order chi connectivity index (χ1) is 8.61. The second-order valence-electron chi connectivity index (χ2n) is 5.38. The lowest BCUT2D eigenvalue weighted by atomic mass is 9.87. The van der Waals surface area contributed by atoms with Crippen molar-refractivity contribution in [3.8, 4) is 0 Å². The molecule has 18 heavy (non-hydrogen) atoms. The molecule has 2 heteroatoms. The molecule has 0 bridgehead atoms. The van der Waals surface area contributed by atoms with Crippen LogP contribution in [0.5, 0.6) is 0 Å². The van der Waals surface area contributed by atoms with Crippen molar-refractivity contribution >= 4 is 11.6 Å². The summed E-state index contributed by atoms with van der Waals surface area (Å²) in [6.07, 6.45) is 8.44. The zero-order chi connectivity index (χ0) is 13.1. The molecule has 0 aromatic carbocycles. The highest BCUT2D eigenvalue weighted by atomic mass is 14.8. The minimum absolute atomic E-state index is 0.440. The molecule has 1 aliphatic heterocycles. The van der Waals surface area contributed by atoms with Gasteiger partial charge in [0.15, 0.2) is 0 Å². The Morgan fingerprint density at radius 3 is 2.61 bits per heavy atom. The van der Waals surface area contributed by atoms with E-state index in [0.717, 1.165) is 6.54 Å².